The first kappa shape index (κ1) is 11.3. The monoisotopic (exact) mass is 232 g/mol. The molecule has 2 nitrogen and oxygen atoms in total. The smallest absolute Gasteiger partial charge is 0.0420 e. The van der Waals surface area contributed by atoms with Crippen molar-refractivity contribution in [1.82, 2.24) is 4.98 Å². The van der Waals surface area contributed by atoms with E-state index < -0.39 is 0 Å². The number of hydrogen-bond acceptors (Lipinski definition) is 3. The van der Waals surface area contributed by atoms with Crippen molar-refractivity contribution in [2.75, 3.05) is 0 Å². The Bertz CT molecular complexity index is 437. The molecule has 0 aliphatic rings. The fourth-order valence-corrected chi connectivity index (χ4v) is 2.50. The summed E-state index contributed by atoms with van der Waals surface area (Å²) >= 11 is 1.74. The predicted molar refractivity (Wildman–Crippen MR) is 68.5 cm³/mol. The third kappa shape index (κ3) is 2.68. The van der Waals surface area contributed by atoms with Crippen LogP contribution in [0.1, 0.15) is 29.3 Å². The van der Waals surface area contributed by atoms with Gasteiger partial charge in [0.05, 0.1) is 0 Å². The van der Waals surface area contributed by atoms with E-state index in [4.69, 9.17) is 5.73 Å². The van der Waals surface area contributed by atoms with Crippen molar-refractivity contribution in [3.05, 3.63) is 52.0 Å². The summed E-state index contributed by atoms with van der Waals surface area (Å²) in [7, 11) is 0. The molecule has 0 aliphatic carbocycles. The maximum atomic E-state index is 6.18. The molecule has 2 N–H and O–H groups in total. The van der Waals surface area contributed by atoms with Crippen LogP contribution in [-0.4, -0.2) is 4.98 Å². The Hall–Kier alpha value is -1.19. The summed E-state index contributed by atoms with van der Waals surface area (Å²) in [6, 6.07) is 6.27. The lowest BCUT2D eigenvalue weighted by atomic mass is 10.00. The van der Waals surface area contributed by atoms with Crippen molar-refractivity contribution in [1.29, 1.82) is 0 Å². The van der Waals surface area contributed by atoms with Gasteiger partial charge >= 0.3 is 0 Å². The first-order valence-corrected chi connectivity index (χ1v) is 6.40. The summed E-state index contributed by atoms with van der Waals surface area (Å²) in [5, 5.41) is 4.29. The number of pyridine rings is 1. The van der Waals surface area contributed by atoms with Crippen LogP contribution in [0, 0.1) is 6.92 Å². The van der Waals surface area contributed by atoms with E-state index in [1.165, 1.54) is 5.56 Å². The number of nitrogens with zero attached hydrogens (tertiary/aromatic N) is 1. The number of aromatic nitrogens is 1. The van der Waals surface area contributed by atoms with E-state index in [2.05, 4.69) is 27.9 Å². The molecule has 1 atom stereocenters. The van der Waals surface area contributed by atoms with Crippen molar-refractivity contribution in [2.45, 2.75) is 25.8 Å². The first-order valence-electron chi connectivity index (χ1n) is 5.45. The maximum Gasteiger partial charge on any atom is 0.0420 e. The summed E-state index contributed by atoms with van der Waals surface area (Å²) in [5.74, 6) is 0. The van der Waals surface area contributed by atoms with Crippen LogP contribution in [-0.2, 0) is 6.42 Å². The third-order valence-corrected chi connectivity index (χ3v) is 3.50. The Morgan fingerprint density at radius 2 is 2.31 bits per heavy atom. The topological polar surface area (TPSA) is 38.9 Å². The van der Waals surface area contributed by atoms with Gasteiger partial charge in [0.15, 0.2) is 0 Å². The zero-order chi connectivity index (χ0) is 11.4. The molecular weight excluding hydrogens is 216 g/mol. The molecule has 0 saturated carbocycles. The molecule has 0 spiro atoms. The van der Waals surface area contributed by atoms with E-state index >= 15 is 0 Å². The van der Waals surface area contributed by atoms with Crippen molar-refractivity contribution < 1.29 is 0 Å². The van der Waals surface area contributed by atoms with E-state index in [0.29, 0.717) is 0 Å². The van der Waals surface area contributed by atoms with Crippen LogP contribution in [0.3, 0.4) is 0 Å². The summed E-state index contributed by atoms with van der Waals surface area (Å²) in [6.07, 6.45) is 3.83. The second-order valence-corrected chi connectivity index (χ2v) is 4.73. The van der Waals surface area contributed by atoms with Crippen molar-refractivity contribution in [3.8, 4) is 0 Å². The van der Waals surface area contributed by atoms with Crippen molar-refractivity contribution in [2.24, 2.45) is 5.73 Å². The van der Waals surface area contributed by atoms with Gasteiger partial charge in [-0.1, -0.05) is 6.07 Å². The van der Waals surface area contributed by atoms with Crippen molar-refractivity contribution in [3.63, 3.8) is 0 Å². The second-order valence-electron chi connectivity index (χ2n) is 3.95. The average Bonchev–Trinajstić information content (AvgIpc) is 2.79. The molecule has 0 aliphatic heterocycles. The molecule has 0 fully saturated rings. The largest absolute Gasteiger partial charge is 0.324 e. The van der Waals surface area contributed by atoms with Gasteiger partial charge in [-0.2, -0.15) is 11.3 Å². The fourth-order valence-electron chi connectivity index (χ4n) is 1.80. The molecule has 0 saturated heterocycles. The van der Waals surface area contributed by atoms with Crippen LogP contribution in [0.4, 0.5) is 0 Å². The molecular formula is C13H16N2S. The Labute approximate surface area is 100 Å². The quantitative estimate of drug-likeness (QED) is 0.879. The zero-order valence-electron chi connectivity index (χ0n) is 9.39. The van der Waals surface area contributed by atoms with Crippen LogP contribution >= 0.6 is 11.3 Å². The van der Waals surface area contributed by atoms with Gasteiger partial charge in [-0.25, -0.2) is 0 Å². The average molecular weight is 232 g/mol. The minimum Gasteiger partial charge on any atom is -0.324 e. The number of nitrogens with two attached hydrogens (primary N) is 1. The molecule has 0 radical (unpaired) electrons. The van der Waals surface area contributed by atoms with Gasteiger partial charge < -0.3 is 5.73 Å². The SMILES string of the molecule is Cc1ncccc1C(N)CCc1ccsc1. The van der Waals surface area contributed by atoms with Gasteiger partial charge in [0.2, 0.25) is 0 Å². The molecule has 2 rings (SSSR count). The minimum absolute atomic E-state index is 0.0913. The van der Waals surface area contributed by atoms with Crippen LogP contribution in [0.25, 0.3) is 0 Å². The first-order chi connectivity index (χ1) is 7.77. The van der Waals surface area contributed by atoms with Crippen LogP contribution < -0.4 is 5.73 Å². The van der Waals surface area contributed by atoms with E-state index in [9.17, 15) is 0 Å². The van der Waals surface area contributed by atoms with E-state index in [-0.39, 0.29) is 6.04 Å². The van der Waals surface area contributed by atoms with Crippen LogP contribution in [0.15, 0.2) is 35.2 Å². The summed E-state index contributed by atoms with van der Waals surface area (Å²) in [6.45, 7) is 2.01. The lowest BCUT2D eigenvalue weighted by Gasteiger charge is -2.13. The van der Waals surface area contributed by atoms with E-state index in [0.717, 1.165) is 24.1 Å². The normalized spacial score (nSPS) is 12.6. The Morgan fingerprint density at radius 3 is 3.00 bits per heavy atom. The summed E-state index contributed by atoms with van der Waals surface area (Å²) in [4.78, 5) is 4.27. The maximum absolute atomic E-state index is 6.18. The molecule has 0 bridgehead atoms. The molecule has 0 amide bonds. The lowest BCUT2D eigenvalue weighted by Crippen LogP contribution is -2.13. The minimum atomic E-state index is 0.0913. The van der Waals surface area contributed by atoms with Gasteiger partial charge in [-0.3, -0.25) is 4.98 Å². The molecule has 3 heteroatoms. The molecule has 2 aromatic rings. The highest BCUT2D eigenvalue weighted by molar-refractivity contribution is 7.07. The number of thiophene rings is 1. The highest BCUT2D eigenvalue weighted by atomic mass is 32.1. The van der Waals surface area contributed by atoms with Crippen LogP contribution in [0.2, 0.25) is 0 Å². The molecule has 0 aromatic carbocycles. The van der Waals surface area contributed by atoms with E-state index in [1.54, 1.807) is 11.3 Å². The molecule has 84 valence electrons. The van der Waals surface area contributed by atoms with E-state index in [1.807, 2.05) is 19.2 Å². The summed E-state index contributed by atoms with van der Waals surface area (Å²) in [5.41, 5.74) is 9.76. The number of hydrogen-bond donors (Lipinski definition) is 1. The molecule has 2 heterocycles. The molecule has 16 heavy (non-hydrogen) atoms. The standard InChI is InChI=1S/C13H16N2S/c1-10-12(3-2-7-15-10)13(14)5-4-11-6-8-16-9-11/h2-3,6-9,13H,4-5,14H2,1H3. The van der Waals surface area contributed by atoms with Gasteiger partial charge in [0.25, 0.3) is 0 Å². The van der Waals surface area contributed by atoms with Gasteiger partial charge in [-0.15, -0.1) is 0 Å². The van der Waals surface area contributed by atoms with Crippen molar-refractivity contribution >= 4 is 11.3 Å². The highest BCUT2D eigenvalue weighted by Gasteiger charge is 2.09. The van der Waals surface area contributed by atoms with Gasteiger partial charge in [-0.05, 0) is 53.8 Å². The molecule has 1 unspecified atom stereocenters. The predicted octanol–water partition coefficient (Wildman–Crippen LogP) is 3.08. The lowest BCUT2D eigenvalue weighted by molar-refractivity contribution is 0.645. The van der Waals surface area contributed by atoms with Crippen LogP contribution in [0.5, 0.6) is 0 Å². The number of rotatable bonds is 4. The second kappa shape index (κ2) is 5.23. The highest BCUT2D eigenvalue weighted by Crippen LogP contribution is 2.19. The fraction of sp³-hybridized carbons (Fsp3) is 0.308. The zero-order valence-corrected chi connectivity index (χ0v) is 10.2. The Kier molecular flexibility index (Phi) is 3.70. The van der Waals surface area contributed by atoms with Gasteiger partial charge in [0, 0.05) is 17.9 Å². The Morgan fingerprint density at radius 1 is 1.44 bits per heavy atom. The Balaban J connectivity index is 1.98. The number of aryl methyl sites for hydroxylation is 2. The molecule has 2 aromatic heterocycles. The van der Waals surface area contributed by atoms with Gasteiger partial charge in [0.1, 0.15) is 0 Å². The third-order valence-electron chi connectivity index (χ3n) is 2.77. The summed E-state index contributed by atoms with van der Waals surface area (Å²) < 4.78 is 0.